The maximum Gasteiger partial charge on any atom is 0.244 e. The summed E-state index contributed by atoms with van der Waals surface area (Å²) in [4.78, 5) is 15.4. The number of nitrogens with zero attached hydrogens (tertiary/aromatic N) is 2. The summed E-state index contributed by atoms with van der Waals surface area (Å²) in [5.74, 6) is -0.387. The highest BCUT2D eigenvalue weighted by molar-refractivity contribution is 7.89. The Morgan fingerprint density at radius 3 is 2.39 bits per heavy atom. The first-order valence-corrected chi connectivity index (χ1v) is 12.9. The lowest BCUT2D eigenvalue weighted by atomic mass is 9.96. The van der Waals surface area contributed by atoms with Crippen LogP contribution in [0.1, 0.15) is 37.3 Å². The highest BCUT2D eigenvalue weighted by Crippen LogP contribution is 2.37. The number of sulfonamides is 1. The number of benzene rings is 2. The molecule has 2 saturated heterocycles. The van der Waals surface area contributed by atoms with Crippen LogP contribution in [0, 0.1) is 5.92 Å². The van der Waals surface area contributed by atoms with E-state index in [1.54, 1.807) is 24.3 Å². The van der Waals surface area contributed by atoms with Crippen LogP contribution in [0.2, 0.25) is 15.1 Å². The van der Waals surface area contributed by atoms with Crippen LogP contribution in [-0.2, 0) is 14.8 Å². The number of amides is 1. The molecule has 2 aliphatic heterocycles. The van der Waals surface area contributed by atoms with Crippen molar-refractivity contribution in [2.75, 3.05) is 19.6 Å². The molecule has 0 bridgehead atoms. The van der Waals surface area contributed by atoms with Gasteiger partial charge in [-0.1, -0.05) is 53.0 Å². The molecule has 9 heteroatoms. The Balaban J connectivity index is 1.53. The standard InChI is InChI=1S/C22H23Cl3N2O3S/c23-17-10-9-15(13-19(17)25)20-7-4-12-27(20)22(28)16-5-3-11-26(14-16)31(29,30)21-8-2-1-6-18(21)24/h1-2,6,8-10,13,16,20H,3-5,7,11-12,14H2. The summed E-state index contributed by atoms with van der Waals surface area (Å²) < 4.78 is 27.7. The molecule has 1 amide bonds. The van der Waals surface area contributed by atoms with Gasteiger partial charge < -0.3 is 4.90 Å². The lowest BCUT2D eigenvalue weighted by Crippen LogP contribution is -2.46. The minimum Gasteiger partial charge on any atom is -0.335 e. The van der Waals surface area contributed by atoms with Crippen molar-refractivity contribution in [3.63, 3.8) is 0 Å². The van der Waals surface area contributed by atoms with Crippen LogP contribution in [0.25, 0.3) is 0 Å². The summed E-state index contributed by atoms with van der Waals surface area (Å²) in [6.45, 7) is 1.20. The van der Waals surface area contributed by atoms with E-state index in [1.165, 1.54) is 10.4 Å². The van der Waals surface area contributed by atoms with Gasteiger partial charge in [-0.05, 0) is 55.5 Å². The molecule has 2 aliphatic rings. The molecule has 0 radical (unpaired) electrons. The number of halogens is 3. The molecule has 0 N–H and O–H groups in total. The second-order valence-electron chi connectivity index (χ2n) is 8.00. The van der Waals surface area contributed by atoms with E-state index >= 15 is 0 Å². The SMILES string of the molecule is O=C(C1CCCN(S(=O)(=O)c2ccccc2Cl)C1)N1CCCC1c1ccc(Cl)c(Cl)c1. The van der Waals surface area contributed by atoms with Gasteiger partial charge in [-0.15, -0.1) is 0 Å². The predicted octanol–water partition coefficient (Wildman–Crippen LogP) is 5.41. The lowest BCUT2D eigenvalue weighted by Gasteiger charge is -2.35. The molecule has 2 fully saturated rings. The number of carbonyl (C=O) groups excluding carboxylic acids is 1. The van der Waals surface area contributed by atoms with Gasteiger partial charge in [0.25, 0.3) is 0 Å². The first kappa shape index (κ1) is 22.9. The highest BCUT2D eigenvalue weighted by atomic mass is 35.5. The smallest absolute Gasteiger partial charge is 0.244 e. The van der Waals surface area contributed by atoms with Crippen molar-refractivity contribution in [2.45, 2.75) is 36.6 Å². The predicted molar refractivity (Wildman–Crippen MR) is 123 cm³/mol. The average molecular weight is 502 g/mol. The van der Waals surface area contributed by atoms with Gasteiger partial charge in [0.05, 0.1) is 27.0 Å². The Bertz CT molecular complexity index is 1090. The van der Waals surface area contributed by atoms with E-state index in [4.69, 9.17) is 34.8 Å². The molecule has 2 heterocycles. The van der Waals surface area contributed by atoms with Crippen LogP contribution in [0.4, 0.5) is 0 Å². The fourth-order valence-electron chi connectivity index (χ4n) is 4.49. The van der Waals surface area contributed by atoms with Gasteiger partial charge in [0.2, 0.25) is 15.9 Å². The normalized spacial score (nSPS) is 22.6. The minimum absolute atomic E-state index is 0.00682. The van der Waals surface area contributed by atoms with Crippen LogP contribution in [0.15, 0.2) is 47.4 Å². The van der Waals surface area contributed by atoms with Crippen LogP contribution in [0.3, 0.4) is 0 Å². The molecule has 31 heavy (non-hydrogen) atoms. The fourth-order valence-corrected chi connectivity index (χ4v) is 6.81. The maximum absolute atomic E-state index is 13.4. The Morgan fingerprint density at radius 2 is 1.65 bits per heavy atom. The molecular formula is C22H23Cl3N2O3S. The van der Waals surface area contributed by atoms with Crippen LogP contribution in [0.5, 0.6) is 0 Å². The van der Waals surface area contributed by atoms with Crippen LogP contribution >= 0.6 is 34.8 Å². The number of hydrogen-bond acceptors (Lipinski definition) is 3. The minimum atomic E-state index is -3.76. The van der Waals surface area contributed by atoms with Crippen molar-refractivity contribution in [3.8, 4) is 0 Å². The number of rotatable bonds is 4. The van der Waals surface area contributed by atoms with Crippen molar-refractivity contribution in [3.05, 3.63) is 63.1 Å². The first-order valence-electron chi connectivity index (χ1n) is 10.3. The molecule has 2 unspecified atom stereocenters. The van der Waals surface area contributed by atoms with E-state index in [-0.39, 0.29) is 34.3 Å². The fraction of sp³-hybridized carbons (Fsp3) is 0.409. The van der Waals surface area contributed by atoms with Gasteiger partial charge in [-0.2, -0.15) is 4.31 Å². The summed E-state index contributed by atoms with van der Waals surface area (Å²) in [5, 5.41) is 1.14. The molecule has 5 nitrogen and oxygen atoms in total. The second-order valence-corrected chi connectivity index (χ2v) is 11.1. The molecule has 2 aromatic rings. The summed E-state index contributed by atoms with van der Waals surface area (Å²) in [5.41, 5.74) is 0.955. The second kappa shape index (κ2) is 9.28. The lowest BCUT2D eigenvalue weighted by molar-refractivity contribution is -0.137. The average Bonchev–Trinajstić information content (AvgIpc) is 3.25. The summed E-state index contributed by atoms with van der Waals surface area (Å²) in [6, 6.07) is 11.8. The van der Waals surface area contributed by atoms with E-state index in [2.05, 4.69) is 0 Å². The van der Waals surface area contributed by atoms with Crippen LogP contribution in [-0.4, -0.2) is 43.2 Å². The molecule has 2 atom stereocenters. The molecule has 0 aromatic heterocycles. The summed E-state index contributed by atoms with van der Waals surface area (Å²) in [6.07, 6.45) is 3.03. The third-order valence-corrected chi connectivity index (χ3v) is 9.16. The van der Waals surface area contributed by atoms with Gasteiger partial charge in [0, 0.05) is 19.6 Å². The molecule has 0 aliphatic carbocycles. The molecule has 0 spiro atoms. The molecule has 4 rings (SSSR count). The van der Waals surface area contributed by atoms with E-state index in [9.17, 15) is 13.2 Å². The molecule has 0 saturated carbocycles. The van der Waals surface area contributed by atoms with E-state index in [0.29, 0.717) is 36.0 Å². The van der Waals surface area contributed by atoms with Gasteiger partial charge in [0.15, 0.2) is 0 Å². The number of carbonyl (C=O) groups is 1. The maximum atomic E-state index is 13.4. The zero-order valence-electron chi connectivity index (χ0n) is 16.8. The van der Waals surface area contributed by atoms with Crippen molar-refractivity contribution >= 4 is 50.7 Å². The number of piperidine rings is 1. The Morgan fingerprint density at radius 1 is 0.903 bits per heavy atom. The summed E-state index contributed by atoms with van der Waals surface area (Å²) >= 11 is 18.4. The monoisotopic (exact) mass is 500 g/mol. The zero-order valence-corrected chi connectivity index (χ0v) is 19.9. The topological polar surface area (TPSA) is 57.7 Å². The van der Waals surface area contributed by atoms with Crippen molar-refractivity contribution < 1.29 is 13.2 Å². The quantitative estimate of drug-likeness (QED) is 0.563. The van der Waals surface area contributed by atoms with E-state index < -0.39 is 10.0 Å². The first-order chi connectivity index (χ1) is 14.8. The number of likely N-dealkylation sites (tertiary alicyclic amines) is 1. The Kier molecular flexibility index (Phi) is 6.85. The highest BCUT2D eigenvalue weighted by Gasteiger charge is 2.39. The van der Waals surface area contributed by atoms with E-state index in [0.717, 1.165) is 18.4 Å². The van der Waals surface area contributed by atoms with Crippen molar-refractivity contribution in [2.24, 2.45) is 5.92 Å². The van der Waals surface area contributed by atoms with Gasteiger partial charge in [-0.25, -0.2) is 8.42 Å². The van der Waals surface area contributed by atoms with Gasteiger partial charge >= 0.3 is 0 Å². The summed E-state index contributed by atoms with van der Waals surface area (Å²) in [7, 11) is -3.76. The molecule has 166 valence electrons. The largest absolute Gasteiger partial charge is 0.335 e. The zero-order chi connectivity index (χ0) is 22.2. The molecule has 2 aromatic carbocycles. The van der Waals surface area contributed by atoms with Gasteiger partial charge in [-0.3, -0.25) is 4.79 Å². The van der Waals surface area contributed by atoms with Gasteiger partial charge in [0.1, 0.15) is 4.90 Å². The Hall–Kier alpha value is -1.31. The molecular weight excluding hydrogens is 479 g/mol. The van der Waals surface area contributed by atoms with Crippen molar-refractivity contribution in [1.82, 2.24) is 9.21 Å². The van der Waals surface area contributed by atoms with E-state index in [1.807, 2.05) is 17.0 Å². The van der Waals surface area contributed by atoms with Crippen LogP contribution < -0.4 is 0 Å². The third-order valence-electron chi connectivity index (χ3n) is 6.05. The van der Waals surface area contributed by atoms with Crippen molar-refractivity contribution in [1.29, 1.82) is 0 Å². The Labute approximate surface area is 197 Å². The third kappa shape index (κ3) is 4.60. The number of hydrogen-bond donors (Lipinski definition) is 0.